The van der Waals surface area contributed by atoms with Crippen LogP contribution in [0.3, 0.4) is 0 Å². The maximum atomic E-state index is 13.2. The van der Waals surface area contributed by atoms with Gasteiger partial charge in [0.05, 0.1) is 11.8 Å². The Balaban J connectivity index is 2.14. The first-order valence-electron chi connectivity index (χ1n) is 6.12. The number of carboxylic acid groups (broad SMARTS) is 1. The summed E-state index contributed by atoms with van der Waals surface area (Å²) in [6, 6.07) is 3.68. The summed E-state index contributed by atoms with van der Waals surface area (Å²) in [5, 5.41) is 11.8. The molecule has 0 aliphatic heterocycles. The summed E-state index contributed by atoms with van der Waals surface area (Å²) in [6.45, 7) is 0. The molecule has 0 bridgehead atoms. The molecular formula is C14H13ClFNO3. The zero-order valence-corrected chi connectivity index (χ0v) is 11.2. The second kappa shape index (κ2) is 6.05. The van der Waals surface area contributed by atoms with Crippen LogP contribution in [0.15, 0.2) is 30.4 Å². The molecule has 0 saturated carbocycles. The van der Waals surface area contributed by atoms with Crippen molar-refractivity contribution in [2.24, 2.45) is 11.8 Å². The summed E-state index contributed by atoms with van der Waals surface area (Å²) >= 11 is 5.70. The SMILES string of the molecule is O=C(O)[C@H]1CC=CC[C@H]1C(=O)Nc1cc(F)cc(Cl)c1. The van der Waals surface area contributed by atoms with E-state index in [0.29, 0.717) is 12.8 Å². The van der Waals surface area contributed by atoms with Gasteiger partial charge in [-0.15, -0.1) is 0 Å². The lowest BCUT2D eigenvalue weighted by molar-refractivity contribution is -0.146. The van der Waals surface area contributed by atoms with Gasteiger partial charge in [-0.1, -0.05) is 23.8 Å². The van der Waals surface area contributed by atoms with Gasteiger partial charge in [-0.2, -0.15) is 0 Å². The Labute approximate surface area is 120 Å². The number of nitrogens with one attached hydrogen (secondary N) is 1. The van der Waals surface area contributed by atoms with E-state index in [1.54, 1.807) is 12.2 Å². The van der Waals surface area contributed by atoms with Gasteiger partial charge in [0, 0.05) is 10.7 Å². The van der Waals surface area contributed by atoms with Gasteiger partial charge in [-0.3, -0.25) is 9.59 Å². The number of anilines is 1. The van der Waals surface area contributed by atoms with Crippen LogP contribution >= 0.6 is 11.6 Å². The summed E-state index contributed by atoms with van der Waals surface area (Å²) in [7, 11) is 0. The van der Waals surface area contributed by atoms with E-state index < -0.39 is 29.5 Å². The number of rotatable bonds is 3. The summed E-state index contributed by atoms with van der Waals surface area (Å²) in [5.41, 5.74) is 0.221. The lowest BCUT2D eigenvalue weighted by Gasteiger charge is -2.24. The van der Waals surface area contributed by atoms with Gasteiger partial charge in [0.2, 0.25) is 5.91 Å². The molecule has 2 atom stereocenters. The van der Waals surface area contributed by atoms with E-state index in [4.69, 9.17) is 16.7 Å². The lowest BCUT2D eigenvalue weighted by atomic mass is 9.82. The number of carboxylic acids is 1. The van der Waals surface area contributed by atoms with Crippen LogP contribution in [0, 0.1) is 17.7 Å². The van der Waals surface area contributed by atoms with Gasteiger partial charge in [0.15, 0.2) is 0 Å². The predicted molar refractivity (Wildman–Crippen MR) is 73.0 cm³/mol. The van der Waals surface area contributed by atoms with E-state index in [-0.39, 0.29) is 10.7 Å². The average Bonchev–Trinajstić information content (AvgIpc) is 2.37. The number of hydrogen-bond donors (Lipinski definition) is 2. The Hall–Kier alpha value is -1.88. The summed E-state index contributed by atoms with van der Waals surface area (Å²) in [6.07, 6.45) is 4.20. The van der Waals surface area contributed by atoms with E-state index in [0.717, 1.165) is 12.1 Å². The molecule has 1 aliphatic rings. The molecule has 2 rings (SSSR count). The molecule has 2 N–H and O–H groups in total. The van der Waals surface area contributed by atoms with Crippen molar-refractivity contribution in [3.05, 3.63) is 41.2 Å². The van der Waals surface area contributed by atoms with Crippen LogP contribution < -0.4 is 5.32 Å². The van der Waals surface area contributed by atoms with Crippen molar-refractivity contribution >= 4 is 29.2 Å². The van der Waals surface area contributed by atoms with E-state index in [9.17, 15) is 14.0 Å². The predicted octanol–water partition coefficient (Wildman–Crippen LogP) is 3.08. The Bertz CT molecular complexity index is 553. The van der Waals surface area contributed by atoms with Gasteiger partial charge in [-0.25, -0.2) is 4.39 Å². The minimum atomic E-state index is -1.01. The van der Waals surface area contributed by atoms with Crippen LogP contribution in [-0.2, 0) is 9.59 Å². The topological polar surface area (TPSA) is 66.4 Å². The minimum Gasteiger partial charge on any atom is -0.481 e. The molecule has 0 heterocycles. The molecule has 1 aliphatic carbocycles. The van der Waals surface area contributed by atoms with Crippen molar-refractivity contribution in [1.29, 1.82) is 0 Å². The fourth-order valence-electron chi connectivity index (χ4n) is 2.24. The molecule has 0 unspecified atom stereocenters. The van der Waals surface area contributed by atoms with Gasteiger partial charge < -0.3 is 10.4 Å². The lowest BCUT2D eigenvalue weighted by Crippen LogP contribution is -2.34. The van der Waals surface area contributed by atoms with Crippen LogP contribution in [0.5, 0.6) is 0 Å². The van der Waals surface area contributed by atoms with Crippen molar-refractivity contribution in [3.63, 3.8) is 0 Å². The second-order valence-electron chi connectivity index (χ2n) is 4.64. The number of carbonyl (C=O) groups excluding carboxylic acids is 1. The third-order valence-corrected chi connectivity index (χ3v) is 3.43. The van der Waals surface area contributed by atoms with Crippen molar-refractivity contribution in [1.82, 2.24) is 0 Å². The monoisotopic (exact) mass is 297 g/mol. The molecule has 0 radical (unpaired) electrons. The second-order valence-corrected chi connectivity index (χ2v) is 5.08. The van der Waals surface area contributed by atoms with Crippen molar-refractivity contribution in [2.45, 2.75) is 12.8 Å². The van der Waals surface area contributed by atoms with Crippen molar-refractivity contribution < 1.29 is 19.1 Å². The molecule has 0 fully saturated rings. The highest BCUT2D eigenvalue weighted by Crippen LogP contribution is 2.28. The molecule has 4 nitrogen and oxygen atoms in total. The van der Waals surface area contributed by atoms with Crippen LogP contribution in [0.1, 0.15) is 12.8 Å². The first-order valence-corrected chi connectivity index (χ1v) is 6.50. The zero-order chi connectivity index (χ0) is 14.7. The number of benzene rings is 1. The molecule has 1 aromatic carbocycles. The Morgan fingerprint density at radius 3 is 2.45 bits per heavy atom. The maximum absolute atomic E-state index is 13.2. The highest BCUT2D eigenvalue weighted by Gasteiger charge is 2.33. The molecular weight excluding hydrogens is 285 g/mol. The fourth-order valence-corrected chi connectivity index (χ4v) is 2.46. The third-order valence-electron chi connectivity index (χ3n) is 3.22. The Morgan fingerprint density at radius 1 is 1.20 bits per heavy atom. The van der Waals surface area contributed by atoms with E-state index in [1.165, 1.54) is 6.07 Å². The minimum absolute atomic E-state index is 0.165. The number of aliphatic carboxylic acids is 1. The smallest absolute Gasteiger partial charge is 0.307 e. The number of allylic oxidation sites excluding steroid dienone is 2. The Morgan fingerprint density at radius 2 is 1.85 bits per heavy atom. The largest absolute Gasteiger partial charge is 0.481 e. The summed E-state index contributed by atoms with van der Waals surface area (Å²) < 4.78 is 13.2. The molecule has 106 valence electrons. The highest BCUT2D eigenvalue weighted by atomic mass is 35.5. The van der Waals surface area contributed by atoms with E-state index in [2.05, 4.69) is 5.32 Å². The quantitative estimate of drug-likeness (QED) is 0.843. The van der Waals surface area contributed by atoms with Gasteiger partial charge >= 0.3 is 5.97 Å². The number of carbonyl (C=O) groups is 2. The normalized spacial score (nSPS) is 21.5. The number of hydrogen-bond acceptors (Lipinski definition) is 2. The molecule has 0 aromatic heterocycles. The molecule has 20 heavy (non-hydrogen) atoms. The van der Waals surface area contributed by atoms with Crippen LogP contribution in [0.2, 0.25) is 5.02 Å². The van der Waals surface area contributed by atoms with Gasteiger partial charge in [0.25, 0.3) is 0 Å². The first-order chi connectivity index (χ1) is 9.47. The zero-order valence-electron chi connectivity index (χ0n) is 10.5. The number of amides is 1. The molecule has 0 saturated heterocycles. The summed E-state index contributed by atoms with van der Waals surface area (Å²) in [5.74, 6) is -3.44. The van der Waals surface area contributed by atoms with Crippen LogP contribution in [0.25, 0.3) is 0 Å². The molecule has 1 amide bonds. The van der Waals surface area contributed by atoms with Crippen molar-refractivity contribution in [2.75, 3.05) is 5.32 Å². The first kappa shape index (κ1) is 14.5. The fraction of sp³-hybridized carbons (Fsp3) is 0.286. The average molecular weight is 298 g/mol. The highest BCUT2D eigenvalue weighted by molar-refractivity contribution is 6.30. The van der Waals surface area contributed by atoms with Gasteiger partial charge in [-0.05, 0) is 31.0 Å². The molecule has 0 spiro atoms. The Kier molecular flexibility index (Phi) is 4.39. The van der Waals surface area contributed by atoms with Gasteiger partial charge in [0.1, 0.15) is 5.82 Å². The molecule has 1 aromatic rings. The van der Waals surface area contributed by atoms with E-state index >= 15 is 0 Å². The standard InChI is InChI=1S/C14H13ClFNO3/c15-8-5-9(16)7-10(6-8)17-13(18)11-3-1-2-4-12(11)14(19)20/h1-2,5-7,11-12H,3-4H2,(H,17,18)(H,19,20)/t11-,12+/m1/s1. The molecule has 6 heteroatoms. The van der Waals surface area contributed by atoms with Crippen molar-refractivity contribution in [3.8, 4) is 0 Å². The van der Waals surface area contributed by atoms with E-state index in [1.807, 2.05) is 0 Å². The maximum Gasteiger partial charge on any atom is 0.307 e. The van der Waals surface area contributed by atoms with Crippen LogP contribution in [-0.4, -0.2) is 17.0 Å². The third kappa shape index (κ3) is 3.36. The summed E-state index contributed by atoms with van der Waals surface area (Å²) in [4.78, 5) is 23.3. The number of halogens is 2. The van der Waals surface area contributed by atoms with Crippen LogP contribution in [0.4, 0.5) is 10.1 Å².